The molecule has 1 heterocycles. The van der Waals surface area contributed by atoms with Crippen molar-refractivity contribution >= 4 is 22.3 Å². The Morgan fingerprint density at radius 1 is 1.16 bits per heavy atom. The van der Waals surface area contributed by atoms with Crippen LogP contribution in [0.4, 0.5) is 5.00 Å². The fourth-order valence-electron chi connectivity index (χ4n) is 2.18. The first-order chi connectivity index (χ1) is 9.15. The van der Waals surface area contributed by atoms with Gasteiger partial charge < -0.3 is 10.8 Å². The van der Waals surface area contributed by atoms with E-state index in [1.165, 1.54) is 56.3 Å². The Morgan fingerprint density at radius 2 is 1.74 bits per heavy atom. The van der Waals surface area contributed by atoms with Crippen molar-refractivity contribution in [3.8, 4) is 0 Å². The Morgan fingerprint density at radius 3 is 2.26 bits per heavy atom. The summed E-state index contributed by atoms with van der Waals surface area (Å²) in [5.41, 5.74) is 5.94. The molecule has 3 nitrogen and oxygen atoms in total. The molecule has 1 rings (SSSR count). The molecule has 0 bridgehead atoms. The predicted octanol–water partition coefficient (Wildman–Crippen LogP) is 4.71. The van der Waals surface area contributed by atoms with Crippen LogP contribution >= 0.6 is 11.3 Å². The van der Waals surface area contributed by atoms with Crippen LogP contribution < -0.4 is 5.73 Å². The molecule has 0 aromatic carbocycles. The van der Waals surface area contributed by atoms with E-state index in [2.05, 4.69) is 6.92 Å². The lowest BCUT2D eigenvalue weighted by molar-refractivity contribution is 0.0698. The minimum atomic E-state index is -0.920. The zero-order valence-electron chi connectivity index (χ0n) is 11.8. The van der Waals surface area contributed by atoms with Gasteiger partial charge in [-0.2, -0.15) is 0 Å². The highest BCUT2D eigenvalue weighted by molar-refractivity contribution is 7.16. The van der Waals surface area contributed by atoms with Gasteiger partial charge in [0.15, 0.2) is 0 Å². The number of hydrogen-bond donors (Lipinski definition) is 2. The van der Waals surface area contributed by atoms with Crippen molar-refractivity contribution in [2.24, 2.45) is 0 Å². The van der Waals surface area contributed by atoms with Gasteiger partial charge in [-0.1, -0.05) is 51.9 Å². The summed E-state index contributed by atoms with van der Waals surface area (Å²) in [6.45, 7) is 2.23. The van der Waals surface area contributed by atoms with Gasteiger partial charge in [0, 0.05) is 4.88 Å². The van der Waals surface area contributed by atoms with Crippen molar-refractivity contribution in [1.29, 1.82) is 0 Å². The van der Waals surface area contributed by atoms with Gasteiger partial charge >= 0.3 is 5.97 Å². The molecule has 4 heteroatoms. The zero-order valence-corrected chi connectivity index (χ0v) is 12.6. The maximum absolute atomic E-state index is 10.9. The second kappa shape index (κ2) is 8.97. The highest BCUT2D eigenvalue weighted by atomic mass is 32.1. The van der Waals surface area contributed by atoms with Crippen LogP contribution in [0.15, 0.2) is 6.07 Å². The smallest absolute Gasteiger partial charge is 0.338 e. The number of aromatic carboxylic acids is 1. The van der Waals surface area contributed by atoms with E-state index < -0.39 is 5.97 Å². The molecular weight excluding hydrogens is 258 g/mol. The highest BCUT2D eigenvalue weighted by Crippen LogP contribution is 2.26. The Kier molecular flexibility index (Phi) is 7.56. The number of carboxylic acids is 1. The summed E-state index contributed by atoms with van der Waals surface area (Å²) >= 11 is 1.41. The summed E-state index contributed by atoms with van der Waals surface area (Å²) < 4.78 is 0. The van der Waals surface area contributed by atoms with Crippen molar-refractivity contribution in [2.45, 2.75) is 64.7 Å². The van der Waals surface area contributed by atoms with Crippen LogP contribution in [0.2, 0.25) is 0 Å². The minimum Gasteiger partial charge on any atom is -0.478 e. The second-order valence-corrected chi connectivity index (χ2v) is 6.19. The van der Waals surface area contributed by atoms with Gasteiger partial charge in [-0.15, -0.1) is 11.3 Å². The van der Waals surface area contributed by atoms with Gasteiger partial charge in [0.1, 0.15) is 5.00 Å². The Labute approximate surface area is 119 Å². The van der Waals surface area contributed by atoms with E-state index >= 15 is 0 Å². The van der Waals surface area contributed by atoms with Crippen LogP contribution in [0.1, 0.15) is 73.5 Å². The molecule has 1 aromatic rings. The van der Waals surface area contributed by atoms with Crippen LogP contribution in [0.25, 0.3) is 0 Å². The van der Waals surface area contributed by atoms with E-state index in [-0.39, 0.29) is 5.56 Å². The largest absolute Gasteiger partial charge is 0.478 e. The highest BCUT2D eigenvalue weighted by Gasteiger charge is 2.12. The number of carbonyl (C=O) groups is 1. The molecular formula is C15H25NO2S. The van der Waals surface area contributed by atoms with Gasteiger partial charge in [-0.3, -0.25) is 0 Å². The lowest BCUT2D eigenvalue weighted by Gasteiger charge is -2.00. The molecule has 0 unspecified atom stereocenters. The molecule has 0 amide bonds. The summed E-state index contributed by atoms with van der Waals surface area (Å²) in [7, 11) is 0. The van der Waals surface area contributed by atoms with E-state index in [0.717, 1.165) is 17.7 Å². The number of thiophene rings is 1. The van der Waals surface area contributed by atoms with E-state index in [0.29, 0.717) is 5.00 Å². The number of unbranched alkanes of at least 4 members (excludes halogenated alkanes) is 7. The number of nitrogens with two attached hydrogens (primary N) is 1. The summed E-state index contributed by atoms with van der Waals surface area (Å²) in [4.78, 5) is 12.0. The topological polar surface area (TPSA) is 63.3 Å². The molecule has 0 fully saturated rings. The average molecular weight is 283 g/mol. The summed E-state index contributed by atoms with van der Waals surface area (Å²) in [6, 6.07) is 1.73. The van der Waals surface area contributed by atoms with Crippen molar-refractivity contribution < 1.29 is 9.90 Å². The number of rotatable bonds is 10. The molecule has 0 aliphatic heterocycles. The van der Waals surface area contributed by atoms with E-state index in [1.54, 1.807) is 6.07 Å². The summed E-state index contributed by atoms with van der Waals surface area (Å²) in [5.74, 6) is -0.920. The third kappa shape index (κ3) is 6.10. The fourth-order valence-corrected chi connectivity index (χ4v) is 3.14. The Bertz CT molecular complexity index is 387. The second-order valence-electron chi connectivity index (χ2n) is 5.02. The standard InChI is InChI=1S/C15H25NO2S/c1-2-3-4-5-6-7-8-9-10-12-11-13(15(17)18)14(16)19-12/h11H,2-10,16H2,1H3,(H,17,18). The van der Waals surface area contributed by atoms with E-state index in [9.17, 15) is 4.79 Å². The van der Waals surface area contributed by atoms with E-state index in [4.69, 9.17) is 10.8 Å². The molecule has 0 spiro atoms. The average Bonchev–Trinajstić information content (AvgIpc) is 2.74. The number of aryl methyl sites for hydroxylation is 1. The van der Waals surface area contributed by atoms with Crippen molar-refractivity contribution in [3.63, 3.8) is 0 Å². The van der Waals surface area contributed by atoms with Crippen LogP contribution in [-0.4, -0.2) is 11.1 Å². The first kappa shape index (κ1) is 16.0. The van der Waals surface area contributed by atoms with Crippen LogP contribution in [0.3, 0.4) is 0 Å². The molecule has 3 N–H and O–H groups in total. The van der Waals surface area contributed by atoms with Crippen molar-refractivity contribution in [2.75, 3.05) is 5.73 Å². The zero-order chi connectivity index (χ0) is 14.1. The third-order valence-corrected chi connectivity index (χ3v) is 4.34. The van der Waals surface area contributed by atoms with Crippen molar-refractivity contribution in [3.05, 3.63) is 16.5 Å². The van der Waals surface area contributed by atoms with Crippen molar-refractivity contribution in [1.82, 2.24) is 0 Å². The number of nitrogen functional groups attached to an aromatic ring is 1. The molecule has 0 saturated heterocycles. The lowest BCUT2D eigenvalue weighted by atomic mass is 10.1. The predicted molar refractivity (Wildman–Crippen MR) is 82.0 cm³/mol. The van der Waals surface area contributed by atoms with Gasteiger partial charge in [0.25, 0.3) is 0 Å². The molecule has 0 aliphatic carbocycles. The molecule has 19 heavy (non-hydrogen) atoms. The molecule has 0 saturated carbocycles. The molecule has 0 aliphatic rings. The minimum absolute atomic E-state index is 0.263. The Balaban J connectivity index is 2.12. The van der Waals surface area contributed by atoms with Gasteiger partial charge in [0.2, 0.25) is 0 Å². The lowest BCUT2D eigenvalue weighted by Crippen LogP contribution is -1.97. The Hall–Kier alpha value is -1.03. The molecule has 1 aromatic heterocycles. The van der Waals surface area contributed by atoms with E-state index in [1.807, 2.05) is 0 Å². The maximum Gasteiger partial charge on any atom is 0.338 e. The maximum atomic E-state index is 10.9. The normalized spacial score (nSPS) is 10.8. The molecule has 0 radical (unpaired) electrons. The quantitative estimate of drug-likeness (QED) is 0.611. The number of anilines is 1. The number of carboxylic acid groups (broad SMARTS) is 1. The summed E-state index contributed by atoms with van der Waals surface area (Å²) in [5, 5.41) is 9.35. The molecule has 108 valence electrons. The first-order valence-corrected chi connectivity index (χ1v) is 8.08. The third-order valence-electron chi connectivity index (χ3n) is 3.32. The van der Waals surface area contributed by atoms with Gasteiger partial charge in [-0.25, -0.2) is 4.79 Å². The fraction of sp³-hybridized carbons (Fsp3) is 0.667. The van der Waals surface area contributed by atoms with Crippen LogP contribution in [0.5, 0.6) is 0 Å². The van der Waals surface area contributed by atoms with Gasteiger partial charge in [0.05, 0.1) is 5.56 Å². The van der Waals surface area contributed by atoms with Crippen LogP contribution in [-0.2, 0) is 6.42 Å². The first-order valence-electron chi connectivity index (χ1n) is 7.26. The number of hydrogen-bond acceptors (Lipinski definition) is 3. The SMILES string of the molecule is CCCCCCCCCCc1cc(C(=O)O)c(N)s1. The summed E-state index contributed by atoms with van der Waals surface area (Å²) in [6.07, 6.45) is 11.3. The molecule has 0 atom stereocenters. The van der Waals surface area contributed by atoms with Gasteiger partial charge in [-0.05, 0) is 18.9 Å². The van der Waals surface area contributed by atoms with Crippen LogP contribution in [0, 0.1) is 0 Å². The monoisotopic (exact) mass is 283 g/mol.